The first-order chi connectivity index (χ1) is 10.2. The summed E-state index contributed by atoms with van der Waals surface area (Å²) in [6.45, 7) is 0. The van der Waals surface area contributed by atoms with Gasteiger partial charge in [-0.05, 0) is 49.9 Å². The molecule has 2 saturated heterocycles. The fraction of sp³-hybridized carbons (Fsp3) is 0.562. The van der Waals surface area contributed by atoms with E-state index in [1.54, 1.807) is 23.9 Å². The molecule has 114 valence electrons. The van der Waals surface area contributed by atoms with Crippen LogP contribution in [-0.2, 0) is 4.79 Å². The van der Waals surface area contributed by atoms with Crippen molar-refractivity contribution in [2.45, 2.75) is 55.1 Å². The number of halogens is 1. The first-order valence-corrected chi connectivity index (χ1v) is 8.61. The molecule has 0 aliphatic carbocycles. The lowest BCUT2D eigenvalue weighted by Crippen LogP contribution is -2.48. The topological polar surface area (TPSA) is 41.1 Å². The number of fused-ring (bicyclic) bond motifs is 2. The molecule has 2 heterocycles. The minimum atomic E-state index is -0.224. The van der Waals surface area contributed by atoms with Gasteiger partial charge < -0.3 is 10.6 Å². The van der Waals surface area contributed by atoms with Gasteiger partial charge in [0.05, 0.1) is 0 Å². The summed E-state index contributed by atoms with van der Waals surface area (Å²) in [7, 11) is 0. The predicted molar refractivity (Wildman–Crippen MR) is 82.9 cm³/mol. The van der Waals surface area contributed by atoms with Crippen molar-refractivity contribution in [3.05, 3.63) is 30.1 Å². The van der Waals surface area contributed by atoms with E-state index in [1.165, 1.54) is 25.0 Å². The van der Waals surface area contributed by atoms with Gasteiger partial charge in [0.1, 0.15) is 5.82 Å². The number of benzene rings is 1. The van der Waals surface area contributed by atoms with Gasteiger partial charge >= 0.3 is 0 Å². The average molecular weight is 308 g/mol. The molecule has 2 aliphatic rings. The standard InChI is InChI=1S/C16H21FN2OS/c17-11-1-5-15(6-2-11)21-8-7-16(20)19-14-9-12-3-4-13(10-14)18-12/h1-2,5-6,12-14,18H,3-4,7-10H2,(H,19,20). The van der Waals surface area contributed by atoms with E-state index < -0.39 is 0 Å². The van der Waals surface area contributed by atoms with Gasteiger partial charge in [-0.15, -0.1) is 11.8 Å². The van der Waals surface area contributed by atoms with Crippen LogP contribution in [0.5, 0.6) is 0 Å². The van der Waals surface area contributed by atoms with Crippen LogP contribution in [0.25, 0.3) is 0 Å². The molecule has 1 aromatic carbocycles. The van der Waals surface area contributed by atoms with Gasteiger partial charge in [0.25, 0.3) is 0 Å². The highest BCUT2D eigenvalue weighted by molar-refractivity contribution is 7.99. The van der Waals surface area contributed by atoms with Crippen LogP contribution in [-0.4, -0.2) is 29.8 Å². The quantitative estimate of drug-likeness (QED) is 0.822. The maximum Gasteiger partial charge on any atom is 0.221 e. The Labute approximate surface area is 129 Å². The number of nitrogens with one attached hydrogen (secondary N) is 2. The molecule has 2 unspecified atom stereocenters. The fourth-order valence-electron chi connectivity index (χ4n) is 3.27. The lowest BCUT2D eigenvalue weighted by atomic mass is 10.00. The molecular weight excluding hydrogens is 287 g/mol. The SMILES string of the molecule is O=C(CCSc1ccc(F)cc1)NC1CC2CCC(C1)N2. The Morgan fingerprint density at radius 3 is 2.57 bits per heavy atom. The number of hydrogen-bond acceptors (Lipinski definition) is 3. The molecule has 3 nitrogen and oxygen atoms in total. The van der Waals surface area contributed by atoms with Crippen LogP contribution in [0.3, 0.4) is 0 Å². The Hall–Kier alpha value is -1.07. The maximum absolute atomic E-state index is 12.8. The van der Waals surface area contributed by atoms with Gasteiger partial charge in [-0.3, -0.25) is 4.79 Å². The molecule has 0 spiro atoms. The number of amides is 1. The smallest absolute Gasteiger partial charge is 0.221 e. The van der Waals surface area contributed by atoms with E-state index >= 15 is 0 Å². The van der Waals surface area contributed by atoms with E-state index in [0.29, 0.717) is 24.5 Å². The Morgan fingerprint density at radius 2 is 1.90 bits per heavy atom. The lowest BCUT2D eigenvalue weighted by Gasteiger charge is -2.29. The van der Waals surface area contributed by atoms with E-state index in [4.69, 9.17) is 0 Å². The Morgan fingerprint density at radius 1 is 1.24 bits per heavy atom. The Bertz CT molecular complexity index is 482. The number of carbonyl (C=O) groups excluding carboxylic acids is 1. The molecule has 2 fully saturated rings. The van der Waals surface area contributed by atoms with Crippen LogP contribution in [0.2, 0.25) is 0 Å². The molecule has 2 aliphatic heterocycles. The van der Waals surface area contributed by atoms with Gasteiger partial charge in [0.15, 0.2) is 0 Å². The van der Waals surface area contributed by atoms with Crippen molar-refractivity contribution in [3.8, 4) is 0 Å². The van der Waals surface area contributed by atoms with Gasteiger partial charge in [-0.2, -0.15) is 0 Å². The van der Waals surface area contributed by atoms with Gasteiger partial charge in [-0.25, -0.2) is 4.39 Å². The van der Waals surface area contributed by atoms with Crippen LogP contribution < -0.4 is 10.6 Å². The summed E-state index contributed by atoms with van der Waals surface area (Å²) < 4.78 is 12.8. The van der Waals surface area contributed by atoms with Crippen molar-refractivity contribution in [3.63, 3.8) is 0 Å². The number of hydrogen-bond donors (Lipinski definition) is 2. The highest BCUT2D eigenvalue weighted by atomic mass is 32.2. The van der Waals surface area contributed by atoms with Crippen LogP contribution in [0.15, 0.2) is 29.2 Å². The highest BCUT2D eigenvalue weighted by Gasteiger charge is 2.33. The minimum Gasteiger partial charge on any atom is -0.353 e. The Kier molecular flexibility index (Phi) is 4.80. The molecule has 21 heavy (non-hydrogen) atoms. The van der Waals surface area contributed by atoms with Crippen LogP contribution >= 0.6 is 11.8 Å². The second-order valence-corrected chi connectivity index (χ2v) is 7.09. The van der Waals surface area contributed by atoms with Crippen molar-refractivity contribution in [1.29, 1.82) is 0 Å². The largest absolute Gasteiger partial charge is 0.353 e. The fourth-order valence-corrected chi connectivity index (χ4v) is 4.12. The molecule has 1 aromatic rings. The number of carbonyl (C=O) groups is 1. The van der Waals surface area contributed by atoms with Crippen molar-refractivity contribution in [2.75, 3.05) is 5.75 Å². The molecule has 2 N–H and O–H groups in total. The molecule has 0 saturated carbocycles. The van der Waals surface area contributed by atoms with Crippen molar-refractivity contribution in [1.82, 2.24) is 10.6 Å². The van der Waals surface area contributed by atoms with E-state index in [-0.39, 0.29) is 11.7 Å². The summed E-state index contributed by atoms with van der Waals surface area (Å²) in [5, 5.41) is 6.74. The summed E-state index contributed by atoms with van der Waals surface area (Å²) in [4.78, 5) is 13.0. The molecule has 3 rings (SSSR count). The normalized spacial score (nSPS) is 27.6. The van der Waals surface area contributed by atoms with Crippen molar-refractivity contribution in [2.24, 2.45) is 0 Å². The number of thioether (sulfide) groups is 1. The van der Waals surface area contributed by atoms with Crippen LogP contribution in [0.1, 0.15) is 32.1 Å². The summed E-state index contributed by atoms with van der Waals surface area (Å²) in [6.07, 6.45) is 5.14. The summed E-state index contributed by atoms with van der Waals surface area (Å²) in [5.74, 6) is 0.642. The molecular formula is C16H21FN2OS. The van der Waals surface area contributed by atoms with Gasteiger partial charge in [-0.1, -0.05) is 0 Å². The van der Waals surface area contributed by atoms with Gasteiger partial charge in [0, 0.05) is 35.2 Å². The Balaban J connectivity index is 1.37. The number of piperidine rings is 1. The van der Waals surface area contributed by atoms with E-state index in [2.05, 4.69) is 10.6 Å². The predicted octanol–water partition coefficient (Wildman–Crippen LogP) is 2.71. The first-order valence-electron chi connectivity index (χ1n) is 7.63. The molecule has 2 atom stereocenters. The van der Waals surface area contributed by atoms with Crippen molar-refractivity contribution < 1.29 is 9.18 Å². The summed E-state index contributed by atoms with van der Waals surface area (Å²) in [5.41, 5.74) is 0. The van der Waals surface area contributed by atoms with Crippen LogP contribution in [0, 0.1) is 5.82 Å². The zero-order chi connectivity index (χ0) is 14.7. The third kappa shape index (κ3) is 4.20. The van der Waals surface area contributed by atoms with E-state index in [9.17, 15) is 9.18 Å². The average Bonchev–Trinajstić information content (AvgIpc) is 2.80. The van der Waals surface area contributed by atoms with Crippen LogP contribution in [0.4, 0.5) is 4.39 Å². The third-order valence-corrected chi connectivity index (χ3v) is 5.26. The summed E-state index contributed by atoms with van der Waals surface area (Å²) >= 11 is 1.59. The van der Waals surface area contributed by atoms with Gasteiger partial charge in [0.2, 0.25) is 5.91 Å². The molecule has 0 aromatic heterocycles. The third-order valence-electron chi connectivity index (χ3n) is 4.25. The second kappa shape index (κ2) is 6.79. The lowest BCUT2D eigenvalue weighted by molar-refractivity contribution is -0.121. The highest BCUT2D eigenvalue weighted by Crippen LogP contribution is 2.27. The summed E-state index contributed by atoms with van der Waals surface area (Å²) in [6, 6.07) is 7.95. The molecule has 2 bridgehead atoms. The maximum atomic E-state index is 12.8. The second-order valence-electron chi connectivity index (χ2n) is 5.93. The minimum absolute atomic E-state index is 0.135. The molecule has 1 amide bonds. The van der Waals surface area contributed by atoms with E-state index in [0.717, 1.165) is 23.5 Å². The molecule has 5 heteroatoms. The van der Waals surface area contributed by atoms with Crippen molar-refractivity contribution >= 4 is 17.7 Å². The zero-order valence-electron chi connectivity index (χ0n) is 12.0. The molecule has 0 radical (unpaired) electrons. The number of rotatable bonds is 5. The monoisotopic (exact) mass is 308 g/mol. The van der Waals surface area contributed by atoms with E-state index in [1.807, 2.05) is 0 Å². The zero-order valence-corrected chi connectivity index (χ0v) is 12.8. The first kappa shape index (κ1) is 14.9.